The maximum Gasteiger partial charge on any atom is 0.162 e. The van der Waals surface area contributed by atoms with Crippen molar-refractivity contribution in [3.05, 3.63) is 146 Å². The van der Waals surface area contributed by atoms with Crippen LogP contribution in [0.1, 0.15) is 78.8 Å². The summed E-state index contributed by atoms with van der Waals surface area (Å²) in [5, 5.41) is 20.1. The van der Waals surface area contributed by atoms with Crippen LogP contribution in [0.25, 0.3) is 0 Å². The second kappa shape index (κ2) is 15.6. The summed E-state index contributed by atoms with van der Waals surface area (Å²) in [7, 11) is 3.31. The van der Waals surface area contributed by atoms with E-state index < -0.39 is 0 Å². The second-order valence-electron chi connectivity index (χ2n) is 15.2. The number of hydrogen-bond donors (Lipinski definition) is 2. The lowest BCUT2D eigenvalue weighted by Crippen LogP contribution is -2.39. The van der Waals surface area contributed by atoms with Crippen LogP contribution in [-0.2, 0) is 45.4 Å². The molecule has 0 radical (unpaired) electrons. The molecule has 0 bridgehead atoms. The molecule has 5 aromatic carbocycles. The summed E-state index contributed by atoms with van der Waals surface area (Å²) in [5.74, 6) is 2.77. The van der Waals surface area contributed by atoms with Crippen LogP contribution >= 0.6 is 12.4 Å². The van der Waals surface area contributed by atoms with Crippen LogP contribution in [0.5, 0.6) is 28.7 Å². The van der Waals surface area contributed by atoms with E-state index in [2.05, 4.69) is 66.1 Å². The summed E-state index contributed by atoms with van der Waals surface area (Å²) < 4.78 is 17.1. The van der Waals surface area contributed by atoms with Crippen LogP contribution in [0.3, 0.4) is 0 Å². The average Bonchev–Trinajstić information content (AvgIpc) is 3.16. The molecule has 0 amide bonds. The Morgan fingerprint density at radius 2 is 1.11 bits per heavy atom. The molecule has 0 spiro atoms. The Bertz CT molecular complexity index is 2170. The van der Waals surface area contributed by atoms with Crippen LogP contribution in [0.2, 0.25) is 0 Å². The van der Waals surface area contributed by atoms with Crippen molar-refractivity contribution >= 4 is 12.4 Å². The molecule has 4 aliphatic rings. The molecule has 7 nitrogen and oxygen atoms in total. The number of hydrogen-bond acceptors (Lipinski definition) is 7. The minimum Gasteiger partial charge on any atom is -0.508 e. The van der Waals surface area contributed by atoms with Gasteiger partial charge in [-0.1, -0.05) is 48.5 Å². The van der Waals surface area contributed by atoms with Gasteiger partial charge in [-0.15, -0.1) is 12.4 Å². The van der Waals surface area contributed by atoms with Crippen molar-refractivity contribution in [1.82, 2.24) is 9.80 Å². The predicted molar refractivity (Wildman–Crippen MR) is 216 cm³/mol. The zero-order chi connectivity index (χ0) is 36.8. The van der Waals surface area contributed by atoms with E-state index in [9.17, 15) is 10.2 Å². The minimum atomic E-state index is 0. The van der Waals surface area contributed by atoms with E-state index in [1.165, 1.54) is 55.6 Å². The Kier molecular flexibility index (Phi) is 10.9. The van der Waals surface area contributed by atoms with Gasteiger partial charge in [-0.25, -0.2) is 0 Å². The number of phenolic OH excluding ortho intramolecular Hbond substituents is 2. The maximum absolute atomic E-state index is 10.1. The number of ether oxygens (including phenoxy) is 3. The van der Waals surface area contributed by atoms with E-state index >= 15 is 0 Å². The van der Waals surface area contributed by atoms with E-state index in [1.54, 1.807) is 14.2 Å². The summed E-state index contributed by atoms with van der Waals surface area (Å²) >= 11 is 0. The molecule has 0 unspecified atom stereocenters. The van der Waals surface area contributed by atoms with Crippen molar-refractivity contribution in [2.24, 2.45) is 0 Å². The molecule has 0 saturated heterocycles. The first-order chi connectivity index (χ1) is 25.7. The van der Waals surface area contributed by atoms with Crippen molar-refractivity contribution < 1.29 is 24.4 Å². The van der Waals surface area contributed by atoms with Crippen LogP contribution in [0.4, 0.5) is 0 Å². The third-order valence-corrected chi connectivity index (χ3v) is 11.9. The number of benzene rings is 5. The molecule has 282 valence electrons. The molecule has 4 heterocycles. The Balaban J connectivity index is 0.000000169. The molecule has 9 rings (SSSR count). The van der Waals surface area contributed by atoms with Crippen LogP contribution in [0, 0.1) is 20.8 Å². The minimum absolute atomic E-state index is 0. The lowest BCUT2D eigenvalue weighted by atomic mass is 9.82. The Hall–Kier alpha value is -4.69. The van der Waals surface area contributed by atoms with E-state index in [4.69, 9.17) is 14.2 Å². The van der Waals surface area contributed by atoms with Gasteiger partial charge in [0.05, 0.1) is 14.2 Å². The Labute approximate surface area is 325 Å². The van der Waals surface area contributed by atoms with E-state index in [1.807, 2.05) is 43.3 Å². The monoisotopic (exact) mass is 746 g/mol. The lowest BCUT2D eigenvalue weighted by Gasteiger charge is -2.42. The fourth-order valence-corrected chi connectivity index (χ4v) is 8.81. The van der Waals surface area contributed by atoms with Crippen molar-refractivity contribution in [1.29, 1.82) is 0 Å². The summed E-state index contributed by atoms with van der Waals surface area (Å²) in [6.45, 7) is 10.9. The van der Waals surface area contributed by atoms with Gasteiger partial charge < -0.3 is 24.4 Å². The van der Waals surface area contributed by atoms with Crippen molar-refractivity contribution in [3.8, 4) is 28.7 Å². The van der Waals surface area contributed by atoms with E-state index in [0.717, 1.165) is 74.5 Å². The first-order valence-corrected chi connectivity index (χ1v) is 18.8. The molecule has 5 aromatic rings. The first-order valence-electron chi connectivity index (χ1n) is 18.8. The highest BCUT2D eigenvalue weighted by molar-refractivity contribution is 5.85. The molecule has 0 aromatic heterocycles. The van der Waals surface area contributed by atoms with Gasteiger partial charge in [0.25, 0.3) is 0 Å². The molecule has 0 aliphatic carbocycles. The molecule has 4 aliphatic heterocycles. The molecular weight excluding hydrogens is 696 g/mol. The largest absolute Gasteiger partial charge is 0.508 e. The topological polar surface area (TPSA) is 74.6 Å². The molecular formula is C46H51ClN2O5. The third kappa shape index (κ3) is 7.25. The SMILES string of the molecule is COc1cc2c(cc1O)CN1CCc3cc(C)c(O)cc3[C@H]1C2.COc1cc2c(cc1OCc1ccccc1)CN1CCc3cc(C)c(C)cc3[C@H]1C2.Cl. The standard InChI is InChI=1S/C27H29NO2.C19H21NO3.ClH/c1-18-11-21-9-10-28-16-23-15-27(30-17-20-7-5-4-6-8-20)26(29-3)14-22(23)13-25(28)24(21)12-19(18)2;1-11-5-12-3-4-20-10-14-7-18(22)19(23-2)8-13(14)6-16(20)15(12)9-17(11)21;/h4-8,11-12,14-15,25H,9-10,13,16-17H2,1-3H3;5,7-9,16,21-22H,3-4,6,10H2,1-2H3;1H/t25-;16-;/m11./s1. The van der Waals surface area contributed by atoms with Gasteiger partial charge in [-0.05, 0) is 144 Å². The van der Waals surface area contributed by atoms with Crippen LogP contribution in [-0.4, -0.2) is 47.3 Å². The van der Waals surface area contributed by atoms with Gasteiger partial charge in [0, 0.05) is 38.3 Å². The Morgan fingerprint density at radius 3 is 1.74 bits per heavy atom. The lowest BCUT2D eigenvalue weighted by molar-refractivity contribution is 0.160. The highest BCUT2D eigenvalue weighted by Crippen LogP contribution is 2.44. The zero-order valence-corrected chi connectivity index (χ0v) is 32.8. The number of rotatable bonds is 5. The Morgan fingerprint density at radius 1 is 0.574 bits per heavy atom. The summed E-state index contributed by atoms with van der Waals surface area (Å²) in [4.78, 5) is 5.07. The molecule has 0 fully saturated rings. The first kappa shape index (κ1) is 37.6. The number of fused-ring (bicyclic) bond motifs is 8. The summed E-state index contributed by atoms with van der Waals surface area (Å²) in [6, 6.07) is 28.1. The number of aryl methyl sites for hydroxylation is 3. The molecule has 8 heteroatoms. The molecule has 0 saturated carbocycles. The number of nitrogens with zero attached hydrogens (tertiary/aromatic N) is 2. The molecule has 2 atom stereocenters. The summed E-state index contributed by atoms with van der Waals surface area (Å²) in [5.41, 5.74) is 15.6. The van der Waals surface area contributed by atoms with Gasteiger partial charge >= 0.3 is 0 Å². The van der Waals surface area contributed by atoms with Crippen molar-refractivity contribution in [2.75, 3.05) is 27.3 Å². The van der Waals surface area contributed by atoms with E-state index in [0.29, 0.717) is 24.1 Å². The fourth-order valence-electron chi connectivity index (χ4n) is 8.81. The zero-order valence-electron chi connectivity index (χ0n) is 31.9. The number of halogens is 1. The van der Waals surface area contributed by atoms with Gasteiger partial charge in [0.1, 0.15) is 12.4 Å². The van der Waals surface area contributed by atoms with Crippen molar-refractivity contribution in [3.63, 3.8) is 0 Å². The second-order valence-corrected chi connectivity index (χ2v) is 15.2. The predicted octanol–water partition coefficient (Wildman–Crippen LogP) is 9.04. The van der Waals surface area contributed by atoms with Crippen LogP contribution < -0.4 is 14.2 Å². The maximum atomic E-state index is 10.1. The third-order valence-electron chi connectivity index (χ3n) is 11.9. The quantitative estimate of drug-likeness (QED) is 0.186. The normalized spacial score (nSPS) is 18.2. The number of methoxy groups -OCH3 is 2. The fraction of sp³-hybridized carbons (Fsp3) is 0.348. The molecule has 54 heavy (non-hydrogen) atoms. The number of phenols is 2. The highest BCUT2D eigenvalue weighted by atomic mass is 35.5. The average molecular weight is 747 g/mol. The van der Waals surface area contributed by atoms with Crippen molar-refractivity contribution in [2.45, 2.75) is 78.2 Å². The van der Waals surface area contributed by atoms with Gasteiger partial charge in [0.2, 0.25) is 0 Å². The highest BCUT2D eigenvalue weighted by Gasteiger charge is 2.34. The van der Waals surface area contributed by atoms with Gasteiger partial charge in [-0.2, -0.15) is 0 Å². The number of aromatic hydroxyl groups is 2. The summed E-state index contributed by atoms with van der Waals surface area (Å²) in [6.07, 6.45) is 4.04. The van der Waals surface area contributed by atoms with Crippen LogP contribution in [0.15, 0.2) is 78.9 Å². The van der Waals surface area contributed by atoms with Gasteiger partial charge in [-0.3, -0.25) is 9.80 Å². The smallest absolute Gasteiger partial charge is 0.162 e. The van der Waals surface area contributed by atoms with E-state index in [-0.39, 0.29) is 24.2 Å². The van der Waals surface area contributed by atoms with Gasteiger partial charge in [0.15, 0.2) is 23.0 Å². The molecule has 2 N–H and O–H groups in total.